The molecule has 11 nitrogen and oxygen atoms in total. The molecule has 40 heavy (non-hydrogen) atoms. The number of morpholine rings is 1. The van der Waals surface area contributed by atoms with E-state index in [4.69, 9.17) is 19.4 Å². The zero-order valence-electron chi connectivity index (χ0n) is 23.7. The van der Waals surface area contributed by atoms with E-state index in [0.29, 0.717) is 30.5 Å². The topological polar surface area (TPSA) is 130 Å². The number of methoxy groups -OCH3 is 1. The molecule has 0 radical (unpaired) electrons. The maximum absolute atomic E-state index is 12.0. The molecule has 0 aliphatic carbocycles. The zero-order valence-corrected chi connectivity index (χ0v) is 25.4. The van der Waals surface area contributed by atoms with Crippen molar-refractivity contribution in [2.75, 3.05) is 62.4 Å². The molecule has 5 rings (SSSR count). The molecule has 5 heterocycles. The number of nitrogens with zero attached hydrogens (tertiary/aromatic N) is 5. The fraction of sp³-hybridized carbons (Fsp3) is 0.593. The number of piperidine rings is 1. The molecule has 2 N–H and O–H groups in total. The number of hydrogen-bond donors (Lipinski definition) is 2. The summed E-state index contributed by atoms with van der Waals surface area (Å²) >= 11 is 1.74. The summed E-state index contributed by atoms with van der Waals surface area (Å²) in [5, 5.41) is 10.4. The Morgan fingerprint density at radius 3 is 2.52 bits per heavy atom. The standard InChI is InChI=1S/C27H38N6O5S2/c1-17-21(16-32-8-6-19(7-9-32)27(2,3)34)39-23-22(17)29-24(30-25(23)33-10-12-38-13-11-33)18-14-20(31-40(5,35)36)26(37-4)28-15-18/h14-15,19,31,34H,6-13,16H2,1-5H3. The number of sulfonamides is 1. The molecule has 0 spiro atoms. The number of hydrogen-bond acceptors (Lipinski definition) is 11. The van der Waals surface area contributed by atoms with Gasteiger partial charge in [0.05, 0.1) is 42.4 Å². The first-order valence-electron chi connectivity index (χ1n) is 13.5. The summed E-state index contributed by atoms with van der Waals surface area (Å²) in [7, 11) is -2.11. The number of aliphatic hydroxyl groups is 1. The number of rotatable bonds is 8. The van der Waals surface area contributed by atoms with E-state index in [2.05, 4.69) is 26.4 Å². The summed E-state index contributed by atoms with van der Waals surface area (Å²) in [6, 6.07) is 1.66. The number of nitrogens with one attached hydrogen (secondary N) is 1. The Bertz CT molecular complexity index is 1470. The maximum atomic E-state index is 12.0. The third-order valence-corrected chi connectivity index (χ3v) is 9.56. The average molecular weight is 591 g/mol. The molecule has 0 aromatic carbocycles. The highest BCUT2D eigenvalue weighted by atomic mass is 32.2. The molecular formula is C27H38N6O5S2. The van der Waals surface area contributed by atoms with Crippen LogP contribution in [-0.2, 0) is 21.3 Å². The second-order valence-electron chi connectivity index (χ2n) is 11.2. The minimum Gasteiger partial charge on any atom is -0.480 e. The first-order chi connectivity index (χ1) is 18.9. The van der Waals surface area contributed by atoms with E-state index in [-0.39, 0.29) is 11.6 Å². The van der Waals surface area contributed by atoms with Gasteiger partial charge in [0.15, 0.2) is 11.6 Å². The van der Waals surface area contributed by atoms with E-state index >= 15 is 0 Å². The Labute approximate surface area is 239 Å². The number of aromatic nitrogens is 3. The number of thiophene rings is 1. The molecular weight excluding hydrogens is 552 g/mol. The van der Waals surface area contributed by atoms with Gasteiger partial charge in [-0.15, -0.1) is 11.3 Å². The Kier molecular flexibility index (Phi) is 8.22. The molecule has 3 aromatic rings. The molecule has 0 saturated carbocycles. The molecule has 0 bridgehead atoms. The summed E-state index contributed by atoms with van der Waals surface area (Å²) in [4.78, 5) is 20.2. The number of ether oxygens (including phenoxy) is 2. The highest BCUT2D eigenvalue weighted by Gasteiger charge is 2.31. The van der Waals surface area contributed by atoms with Crippen molar-refractivity contribution < 1.29 is 23.0 Å². The third-order valence-electron chi connectivity index (χ3n) is 7.71. The number of anilines is 2. The lowest BCUT2D eigenvalue weighted by Gasteiger charge is -2.37. The molecule has 218 valence electrons. The van der Waals surface area contributed by atoms with Crippen LogP contribution in [0.25, 0.3) is 21.6 Å². The van der Waals surface area contributed by atoms with Gasteiger partial charge >= 0.3 is 0 Å². The van der Waals surface area contributed by atoms with Crippen LogP contribution >= 0.6 is 11.3 Å². The van der Waals surface area contributed by atoms with E-state index < -0.39 is 15.6 Å². The Morgan fingerprint density at radius 2 is 1.90 bits per heavy atom. The summed E-state index contributed by atoms with van der Waals surface area (Å²) in [5.41, 5.74) is 2.19. The summed E-state index contributed by atoms with van der Waals surface area (Å²) in [5.74, 6) is 1.82. The second-order valence-corrected chi connectivity index (χ2v) is 14.0. The van der Waals surface area contributed by atoms with Crippen LogP contribution in [-0.4, -0.2) is 91.7 Å². The normalized spacial score (nSPS) is 17.9. The van der Waals surface area contributed by atoms with Gasteiger partial charge in [0.1, 0.15) is 5.69 Å². The first-order valence-corrected chi connectivity index (χ1v) is 16.2. The van der Waals surface area contributed by atoms with E-state index in [0.717, 1.165) is 73.4 Å². The molecule has 0 atom stereocenters. The fourth-order valence-electron chi connectivity index (χ4n) is 5.40. The predicted molar refractivity (Wildman–Crippen MR) is 158 cm³/mol. The molecule has 2 aliphatic rings. The fourth-order valence-corrected chi connectivity index (χ4v) is 7.25. The van der Waals surface area contributed by atoms with Crippen LogP contribution in [0.3, 0.4) is 0 Å². The van der Waals surface area contributed by atoms with Gasteiger partial charge in [0.25, 0.3) is 0 Å². The van der Waals surface area contributed by atoms with Crippen LogP contribution in [0.15, 0.2) is 12.3 Å². The largest absolute Gasteiger partial charge is 0.480 e. The average Bonchev–Trinajstić information content (AvgIpc) is 3.22. The van der Waals surface area contributed by atoms with Crippen molar-refractivity contribution in [3.05, 3.63) is 22.7 Å². The third kappa shape index (κ3) is 6.33. The lowest BCUT2D eigenvalue weighted by Crippen LogP contribution is -2.41. The van der Waals surface area contributed by atoms with Gasteiger partial charge in [-0.25, -0.2) is 23.4 Å². The second kappa shape index (κ2) is 11.4. The van der Waals surface area contributed by atoms with Gasteiger partial charge in [0.2, 0.25) is 15.9 Å². The van der Waals surface area contributed by atoms with E-state index in [1.807, 2.05) is 13.8 Å². The first kappa shape index (κ1) is 28.9. The lowest BCUT2D eigenvalue weighted by atomic mass is 9.83. The minimum atomic E-state index is -3.55. The van der Waals surface area contributed by atoms with Crippen LogP contribution < -0.4 is 14.4 Å². The molecule has 2 fully saturated rings. The number of aryl methyl sites for hydroxylation is 1. The van der Waals surface area contributed by atoms with E-state index in [9.17, 15) is 13.5 Å². The van der Waals surface area contributed by atoms with Crippen molar-refractivity contribution in [3.8, 4) is 17.3 Å². The van der Waals surface area contributed by atoms with Gasteiger partial charge < -0.3 is 19.5 Å². The van der Waals surface area contributed by atoms with Gasteiger partial charge in [-0.05, 0) is 64.3 Å². The summed E-state index contributed by atoms with van der Waals surface area (Å²) < 4.78 is 38.3. The predicted octanol–water partition coefficient (Wildman–Crippen LogP) is 3.26. The van der Waals surface area contributed by atoms with Crippen LogP contribution in [0, 0.1) is 12.8 Å². The van der Waals surface area contributed by atoms with Gasteiger partial charge in [-0.1, -0.05) is 0 Å². The number of likely N-dealkylation sites (tertiary alicyclic amines) is 1. The zero-order chi connectivity index (χ0) is 28.7. The Balaban J connectivity index is 1.53. The molecule has 0 amide bonds. The highest BCUT2D eigenvalue weighted by molar-refractivity contribution is 7.92. The monoisotopic (exact) mass is 590 g/mol. The lowest BCUT2D eigenvalue weighted by molar-refractivity contribution is -0.0135. The minimum absolute atomic E-state index is 0.172. The van der Waals surface area contributed by atoms with Crippen molar-refractivity contribution in [2.24, 2.45) is 5.92 Å². The van der Waals surface area contributed by atoms with Crippen molar-refractivity contribution in [3.63, 3.8) is 0 Å². The van der Waals surface area contributed by atoms with Crippen LogP contribution in [0.4, 0.5) is 11.5 Å². The van der Waals surface area contributed by atoms with Gasteiger partial charge in [-0.2, -0.15) is 0 Å². The quantitative estimate of drug-likeness (QED) is 0.403. The van der Waals surface area contributed by atoms with Crippen molar-refractivity contribution in [2.45, 2.75) is 45.8 Å². The SMILES string of the molecule is COc1ncc(-c2nc(N3CCOCC3)c3sc(CN4CCC(C(C)(C)O)CC4)c(C)c3n2)cc1NS(C)(=O)=O. The van der Waals surface area contributed by atoms with Crippen molar-refractivity contribution >= 4 is 43.1 Å². The molecule has 0 unspecified atom stereocenters. The van der Waals surface area contributed by atoms with Crippen molar-refractivity contribution in [1.29, 1.82) is 0 Å². The van der Waals surface area contributed by atoms with Gasteiger partial charge in [0, 0.05) is 36.3 Å². The molecule has 13 heteroatoms. The smallest absolute Gasteiger partial charge is 0.238 e. The molecule has 2 aliphatic heterocycles. The van der Waals surface area contributed by atoms with Crippen LogP contribution in [0.1, 0.15) is 37.1 Å². The highest BCUT2D eigenvalue weighted by Crippen LogP contribution is 2.39. The van der Waals surface area contributed by atoms with E-state index in [1.54, 1.807) is 23.6 Å². The Hall–Kier alpha value is -2.58. The maximum Gasteiger partial charge on any atom is 0.238 e. The number of pyridine rings is 1. The molecule has 3 aromatic heterocycles. The van der Waals surface area contributed by atoms with E-state index in [1.165, 1.54) is 12.0 Å². The molecule has 2 saturated heterocycles. The van der Waals surface area contributed by atoms with Crippen LogP contribution in [0.2, 0.25) is 0 Å². The van der Waals surface area contributed by atoms with Gasteiger partial charge in [-0.3, -0.25) is 9.62 Å². The number of fused-ring (bicyclic) bond motifs is 1. The Morgan fingerprint density at radius 1 is 1.20 bits per heavy atom. The summed E-state index contributed by atoms with van der Waals surface area (Å²) in [6.45, 7) is 11.4. The van der Waals surface area contributed by atoms with Crippen molar-refractivity contribution in [1.82, 2.24) is 19.9 Å². The van der Waals surface area contributed by atoms with Crippen LogP contribution in [0.5, 0.6) is 5.88 Å². The summed E-state index contributed by atoms with van der Waals surface area (Å²) in [6.07, 6.45) is 4.64.